The Labute approximate surface area is 118 Å². The average molecular weight is 297 g/mol. The van der Waals surface area contributed by atoms with Crippen molar-refractivity contribution in [3.8, 4) is 5.69 Å². The van der Waals surface area contributed by atoms with Crippen molar-refractivity contribution in [2.75, 3.05) is 5.88 Å². The van der Waals surface area contributed by atoms with E-state index in [-0.39, 0.29) is 5.52 Å². The molecule has 0 fully saturated rings. The molecule has 0 atom stereocenters. The highest BCUT2D eigenvalue weighted by Gasteiger charge is 2.17. The lowest BCUT2D eigenvalue weighted by Crippen LogP contribution is -2.01. The second kappa shape index (κ2) is 4.86. The number of aromatic nitrogens is 4. The molecular weight excluding hydrogens is 286 g/mol. The van der Waals surface area contributed by atoms with Crippen molar-refractivity contribution in [1.82, 2.24) is 19.3 Å². The van der Waals surface area contributed by atoms with Crippen LogP contribution in [0.2, 0.25) is 0 Å². The Bertz CT molecular complexity index is 778. The number of hydrogen-bond acceptors (Lipinski definition) is 2. The average Bonchev–Trinajstić information content (AvgIpc) is 2.93. The maximum Gasteiger partial charge on any atom is 0.153 e. The van der Waals surface area contributed by atoms with Crippen molar-refractivity contribution in [3.05, 3.63) is 42.0 Å². The van der Waals surface area contributed by atoms with E-state index < -0.39 is 11.6 Å². The van der Waals surface area contributed by atoms with Crippen molar-refractivity contribution in [1.29, 1.82) is 0 Å². The lowest BCUT2D eigenvalue weighted by atomic mass is 10.3. The molecule has 0 radical (unpaired) electrons. The second-order valence-electron chi connectivity index (χ2n) is 4.43. The van der Waals surface area contributed by atoms with Gasteiger partial charge in [-0.3, -0.25) is 9.25 Å². The zero-order valence-corrected chi connectivity index (χ0v) is 11.4. The molecule has 0 spiro atoms. The first-order chi connectivity index (χ1) is 9.60. The van der Waals surface area contributed by atoms with E-state index in [4.69, 9.17) is 11.6 Å². The van der Waals surface area contributed by atoms with E-state index in [0.29, 0.717) is 29.3 Å². The van der Waals surface area contributed by atoms with Crippen LogP contribution in [0.4, 0.5) is 8.78 Å². The van der Waals surface area contributed by atoms with Gasteiger partial charge in [-0.1, -0.05) is 0 Å². The Kier molecular flexibility index (Phi) is 3.17. The van der Waals surface area contributed by atoms with E-state index in [0.717, 1.165) is 6.07 Å². The SMILES string of the molecule is Cn1cc(-n2c(CCCl)nc3c(F)cc(F)cc32)cn1. The molecule has 0 saturated carbocycles. The number of fused-ring (bicyclic) bond motifs is 1. The highest BCUT2D eigenvalue weighted by molar-refractivity contribution is 6.17. The van der Waals surface area contributed by atoms with E-state index in [1.807, 2.05) is 0 Å². The van der Waals surface area contributed by atoms with Crippen molar-refractivity contribution in [3.63, 3.8) is 0 Å². The molecule has 3 aromatic rings. The van der Waals surface area contributed by atoms with Crippen LogP contribution in [0.25, 0.3) is 16.7 Å². The maximum atomic E-state index is 13.8. The molecule has 3 rings (SSSR count). The molecule has 0 unspecified atom stereocenters. The Morgan fingerprint density at radius 3 is 2.75 bits per heavy atom. The summed E-state index contributed by atoms with van der Waals surface area (Å²) in [6.07, 6.45) is 3.81. The largest absolute Gasteiger partial charge is 0.293 e. The number of rotatable bonds is 3. The summed E-state index contributed by atoms with van der Waals surface area (Å²) in [5, 5.41) is 4.07. The van der Waals surface area contributed by atoms with Crippen LogP contribution in [0.3, 0.4) is 0 Å². The van der Waals surface area contributed by atoms with Crippen LogP contribution < -0.4 is 0 Å². The Hall–Kier alpha value is -1.95. The Morgan fingerprint density at radius 1 is 1.30 bits per heavy atom. The van der Waals surface area contributed by atoms with E-state index in [1.54, 1.807) is 28.7 Å². The minimum atomic E-state index is -0.682. The summed E-state index contributed by atoms with van der Waals surface area (Å²) in [5.41, 5.74) is 1.20. The molecule has 20 heavy (non-hydrogen) atoms. The zero-order valence-electron chi connectivity index (χ0n) is 10.6. The van der Waals surface area contributed by atoms with Crippen molar-refractivity contribution in [2.24, 2.45) is 7.05 Å². The fourth-order valence-corrected chi connectivity index (χ4v) is 2.38. The topological polar surface area (TPSA) is 35.6 Å². The third kappa shape index (κ3) is 2.06. The standard InChI is InChI=1S/C13H11ClF2N4/c1-19-7-9(6-17-19)20-11-5-8(15)4-10(16)13(11)18-12(20)2-3-14/h4-7H,2-3H2,1H3. The molecule has 2 aromatic heterocycles. The molecule has 0 N–H and O–H groups in total. The predicted octanol–water partition coefficient (Wildman–Crippen LogP) is 2.82. The first kappa shape index (κ1) is 13.1. The molecule has 2 heterocycles. The second-order valence-corrected chi connectivity index (χ2v) is 4.81. The van der Waals surface area contributed by atoms with Gasteiger partial charge >= 0.3 is 0 Å². The summed E-state index contributed by atoms with van der Waals surface area (Å²) in [4.78, 5) is 4.23. The van der Waals surface area contributed by atoms with E-state index in [9.17, 15) is 8.78 Å². The number of benzene rings is 1. The summed E-state index contributed by atoms with van der Waals surface area (Å²) >= 11 is 5.76. The monoisotopic (exact) mass is 296 g/mol. The van der Waals surface area contributed by atoms with Crippen LogP contribution in [-0.2, 0) is 13.5 Å². The minimum absolute atomic E-state index is 0.135. The maximum absolute atomic E-state index is 13.8. The zero-order chi connectivity index (χ0) is 14.3. The molecule has 1 aromatic carbocycles. The van der Waals surface area contributed by atoms with Gasteiger partial charge in [-0.05, 0) is 0 Å². The van der Waals surface area contributed by atoms with Crippen molar-refractivity contribution in [2.45, 2.75) is 6.42 Å². The molecule has 7 heteroatoms. The van der Waals surface area contributed by atoms with E-state index >= 15 is 0 Å². The first-order valence-corrected chi connectivity index (χ1v) is 6.55. The van der Waals surface area contributed by atoms with E-state index in [1.165, 1.54) is 6.07 Å². The summed E-state index contributed by atoms with van der Waals surface area (Å²) in [6.45, 7) is 0. The highest BCUT2D eigenvalue weighted by atomic mass is 35.5. The van der Waals surface area contributed by atoms with Crippen LogP contribution in [-0.4, -0.2) is 25.2 Å². The lowest BCUT2D eigenvalue weighted by molar-refractivity contribution is 0.590. The summed E-state index contributed by atoms with van der Waals surface area (Å²) in [5.74, 6) is -0.406. The van der Waals surface area contributed by atoms with Gasteiger partial charge in [0.05, 0.1) is 17.4 Å². The van der Waals surface area contributed by atoms with Gasteiger partial charge in [0.1, 0.15) is 17.2 Å². The van der Waals surface area contributed by atoms with Crippen LogP contribution in [0.15, 0.2) is 24.5 Å². The molecule has 0 aliphatic rings. The molecular formula is C13H11ClF2N4. The van der Waals surface area contributed by atoms with Gasteiger partial charge in [0, 0.05) is 37.7 Å². The van der Waals surface area contributed by atoms with Crippen molar-refractivity contribution >= 4 is 22.6 Å². The molecule has 0 aliphatic carbocycles. The predicted molar refractivity (Wildman–Crippen MR) is 72.2 cm³/mol. The number of hydrogen-bond donors (Lipinski definition) is 0. The van der Waals surface area contributed by atoms with Crippen LogP contribution in [0.5, 0.6) is 0 Å². The molecule has 104 valence electrons. The summed E-state index contributed by atoms with van der Waals surface area (Å²) < 4.78 is 30.6. The third-order valence-electron chi connectivity index (χ3n) is 3.02. The van der Waals surface area contributed by atoms with Gasteiger partial charge in [0.15, 0.2) is 5.82 Å². The van der Waals surface area contributed by atoms with Gasteiger partial charge in [-0.25, -0.2) is 13.8 Å². The summed E-state index contributed by atoms with van der Waals surface area (Å²) in [6, 6.07) is 2.09. The lowest BCUT2D eigenvalue weighted by Gasteiger charge is -2.05. The fraction of sp³-hybridized carbons (Fsp3) is 0.231. The normalized spacial score (nSPS) is 11.4. The van der Waals surface area contributed by atoms with Gasteiger partial charge < -0.3 is 0 Å². The quantitative estimate of drug-likeness (QED) is 0.697. The molecule has 0 amide bonds. The van der Waals surface area contributed by atoms with Crippen molar-refractivity contribution < 1.29 is 8.78 Å². The molecule has 0 bridgehead atoms. The minimum Gasteiger partial charge on any atom is -0.293 e. The van der Waals surface area contributed by atoms with Gasteiger partial charge in [0.25, 0.3) is 0 Å². The van der Waals surface area contributed by atoms with Crippen LogP contribution in [0, 0.1) is 11.6 Å². The Morgan fingerprint density at radius 2 is 2.10 bits per heavy atom. The Balaban J connectivity index is 2.34. The number of alkyl halides is 1. The van der Waals surface area contributed by atoms with Gasteiger partial charge in [-0.15, -0.1) is 11.6 Å². The number of halogens is 3. The molecule has 0 aliphatic heterocycles. The highest BCUT2D eigenvalue weighted by Crippen LogP contribution is 2.25. The number of nitrogens with zero attached hydrogens (tertiary/aromatic N) is 4. The molecule has 4 nitrogen and oxygen atoms in total. The first-order valence-electron chi connectivity index (χ1n) is 6.01. The van der Waals surface area contributed by atoms with Crippen LogP contribution >= 0.6 is 11.6 Å². The smallest absolute Gasteiger partial charge is 0.153 e. The van der Waals surface area contributed by atoms with Gasteiger partial charge in [0.2, 0.25) is 0 Å². The third-order valence-corrected chi connectivity index (χ3v) is 3.20. The number of aryl methyl sites for hydroxylation is 2. The number of imidazole rings is 1. The van der Waals surface area contributed by atoms with E-state index in [2.05, 4.69) is 10.1 Å². The summed E-state index contributed by atoms with van der Waals surface area (Å²) in [7, 11) is 1.77. The fourth-order valence-electron chi connectivity index (χ4n) is 2.22. The van der Waals surface area contributed by atoms with Crippen LogP contribution in [0.1, 0.15) is 5.82 Å². The molecule has 0 saturated heterocycles. The van der Waals surface area contributed by atoms with Gasteiger partial charge in [-0.2, -0.15) is 5.10 Å².